The van der Waals surface area contributed by atoms with Crippen LogP contribution in [-0.2, 0) is 4.79 Å². The van der Waals surface area contributed by atoms with Gasteiger partial charge in [-0.2, -0.15) is 4.80 Å². The molecule has 0 bridgehead atoms. The molecule has 138 valence electrons. The molecule has 28 heavy (non-hydrogen) atoms. The van der Waals surface area contributed by atoms with Crippen molar-refractivity contribution in [2.45, 2.75) is 12.3 Å². The van der Waals surface area contributed by atoms with E-state index in [0.717, 1.165) is 39.3 Å². The largest absolute Gasteiger partial charge is 0.497 e. The molecule has 1 aliphatic heterocycles. The average molecular weight is 370 g/mol. The number of rotatable bonds is 3. The second-order valence-electron chi connectivity index (χ2n) is 6.80. The minimum Gasteiger partial charge on any atom is -0.497 e. The zero-order valence-corrected chi connectivity index (χ0v) is 15.3. The highest BCUT2D eigenvalue weighted by Gasteiger charge is 2.30. The van der Waals surface area contributed by atoms with Gasteiger partial charge in [0.2, 0.25) is 5.91 Å². The molecular formula is C22H18N4O2. The molecule has 0 saturated carbocycles. The van der Waals surface area contributed by atoms with E-state index < -0.39 is 0 Å². The van der Waals surface area contributed by atoms with E-state index in [2.05, 4.69) is 10.4 Å². The Labute approximate surface area is 161 Å². The molecule has 1 aliphatic rings. The minimum atomic E-state index is -0.108. The van der Waals surface area contributed by atoms with Gasteiger partial charge in [0.15, 0.2) is 0 Å². The Balaban J connectivity index is 1.71. The maximum atomic E-state index is 12.3. The standard InChI is InChI=1S/C22H18N4O2/c1-28-16-9-5-6-14(12-16)17-13-20(27)23-18-10-11-19-22(21(17)18)25-26(24-19)15-7-3-2-4-8-15/h2-12,17H,13H2,1H3,(H,23,27)/t17-/m0/s1. The Morgan fingerprint density at radius 1 is 1.04 bits per heavy atom. The van der Waals surface area contributed by atoms with E-state index >= 15 is 0 Å². The number of anilines is 1. The molecule has 6 heteroatoms. The number of aromatic nitrogens is 3. The van der Waals surface area contributed by atoms with Crippen molar-refractivity contribution in [2.75, 3.05) is 12.4 Å². The van der Waals surface area contributed by atoms with E-state index in [1.165, 1.54) is 0 Å². The molecule has 1 atom stereocenters. The molecule has 0 unspecified atom stereocenters. The van der Waals surface area contributed by atoms with Gasteiger partial charge < -0.3 is 10.1 Å². The molecule has 0 fully saturated rings. The second kappa shape index (κ2) is 6.49. The molecule has 0 aliphatic carbocycles. The van der Waals surface area contributed by atoms with Crippen molar-refractivity contribution in [2.24, 2.45) is 0 Å². The van der Waals surface area contributed by atoms with Crippen molar-refractivity contribution in [3.63, 3.8) is 0 Å². The van der Waals surface area contributed by atoms with Crippen molar-refractivity contribution in [3.05, 3.63) is 77.9 Å². The van der Waals surface area contributed by atoms with Crippen LogP contribution in [0.3, 0.4) is 0 Å². The summed E-state index contributed by atoms with van der Waals surface area (Å²) in [5, 5.41) is 12.4. The van der Waals surface area contributed by atoms with Crippen LogP contribution in [0, 0.1) is 0 Å². The van der Waals surface area contributed by atoms with E-state index in [4.69, 9.17) is 9.84 Å². The van der Waals surface area contributed by atoms with Gasteiger partial charge in [0.25, 0.3) is 0 Å². The lowest BCUT2D eigenvalue weighted by Crippen LogP contribution is -2.23. The summed E-state index contributed by atoms with van der Waals surface area (Å²) >= 11 is 0. The molecule has 0 spiro atoms. The highest BCUT2D eigenvalue weighted by Crippen LogP contribution is 2.41. The maximum absolute atomic E-state index is 12.3. The number of carbonyl (C=O) groups is 1. The minimum absolute atomic E-state index is 0.00452. The molecule has 6 nitrogen and oxygen atoms in total. The van der Waals surface area contributed by atoms with Crippen LogP contribution in [0.5, 0.6) is 5.75 Å². The molecule has 0 radical (unpaired) electrons. The first-order valence-electron chi connectivity index (χ1n) is 9.12. The smallest absolute Gasteiger partial charge is 0.225 e. The van der Waals surface area contributed by atoms with Crippen LogP contribution in [0.15, 0.2) is 66.7 Å². The van der Waals surface area contributed by atoms with Gasteiger partial charge in [0.05, 0.1) is 12.8 Å². The van der Waals surface area contributed by atoms with E-state index in [9.17, 15) is 4.79 Å². The summed E-state index contributed by atoms with van der Waals surface area (Å²) < 4.78 is 5.38. The van der Waals surface area contributed by atoms with Gasteiger partial charge in [0.1, 0.15) is 16.8 Å². The topological polar surface area (TPSA) is 69.0 Å². The highest BCUT2D eigenvalue weighted by atomic mass is 16.5. The predicted octanol–water partition coefficient (Wildman–Crippen LogP) is 3.90. The molecule has 4 aromatic rings. The van der Waals surface area contributed by atoms with Gasteiger partial charge in [-0.15, -0.1) is 10.2 Å². The van der Waals surface area contributed by atoms with Crippen LogP contribution < -0.4 is 10.1 Å². The maximum Gasteiger partial charge on any atom is 0.225 e. The van der Waals surface area contributed by atoms with Crippen LogP contribution in [0.4, 0.5) is 5.69 Å². The molecule has 1 amide bonds. The van der Waals surface area contributed by atoms with E-state index in [1.54, 1.807) is 11.9 Å². The fourth-order valence-electron chi connectivity index (χ4n) is 3.77. The van der Waals surface area contributed by atoms with Crippen LogP contribution >= 0.6 is 0 Å². The number of hydrogen-bond acceptors (Lipinski definition) is 4. The van der Waals surface area contributed by atoms with Crippen molar-refractivity contribution in [1.82, 2.24) is 15.0 Å². The SMILES string of the molecule is COc1cccc([C@@H]2CC(=O)Nc3ccc4nn(-c5ccccc5)nc4c32)c1. The number of carbonyl (C=O) groups excluding carboxylic acids is 1. The Morgan fingerprint density at radius 2 is 1.89 bits per heavy atom. The fourth-order valence-corrected chi connectivity index (χ4v) is 3.77. The summed E-state index contributed by atoms with van der Waals surface area (Å²) in [5.41, 5.74) is 5.30. The zero-order chi connectivity index (χ0) is 19.1. The number of para-hydroxylation sites is 1. The van der Waals surface area contributed by atoms with Gasteiger partial charge in [-0.05, 0) is 42.0 Å². The number of nitrogens with one attached hydrogen (secondary N) is 1. The van der Waals surface area contributed by atoms with Gasteiger partial charge in [0, 0.05) is 23.6 Å². The first kappa shape index (κ1) is 16.5. The number of benzene rings is 3. The fraction of sp³-hybridized carbons (Fsp3) is 0.136. The molecule has 3 aromatic carbocycles. The number of fused-ring (bicyclic) bond motifs is 3. The van der Waals surface area contributed by atoms with Gasteiger partial charge in [-0.3, -0.25) is 4.79 Å². The van der Waals surface area contributed by atoms with Gasteiger partial charge in [-0.1, -0.05) is 30.3 Å². The average Bonchev–Trinajstić information content (AvgIpc) is 3.18. The predicted molar refractivity (Wildman–Crippen MR) is 107 cm³/mol. The summed E-state index contributed by atoms with van der Waals surface area (Å²) in [6.07, 6.45) is 0.359. The first-order chi connectivity index (χ1) is 13.7. The first-order valence-corrected chi connectivity index (χ1v) is 9.12. The van der Waals surface area contributed by atoms with Crippen LogP contribution in [0.1, 0.15) is 23.5 Å². The summed E-state index contributed by atoms with van der Waals surface area (Å²) in [6, 6.07) is 21.5. The highest BCUT2D eigenvalue weighted by molar-refractivity contribution is 5.99. The van der Waals surface area contributed by atoms with Crippen molar-refractivity contribution < 1.29 is 9.53 Å². The van der Waals surface area contributed by atoms with Gasteiger partial charge in [-0.25, -0.2) is 0 Å². The second-order valence-corrected chi connectivity index (χ2v) is 6.80. The zero-order valence-electron chi connectivity index (χ0n) is 15.3. The van der Waals surface area contributed by atoms with Crippen LogP contribution in [0.25, 0.3) is 16.7 Å². The Kier molecular flexibility index (Phi) is 3.83. The van der Waals surface area contributed by atoms with E-state index in [-0.39, 0.29) is 11.8 Å². The third-order valence-corrected chi connectivity index (χ3v) is 5.09. The third-order valence-electron chi connectivity index (χ3n) is 5.09. The number of nitrogens with zero attached hydrogens (tertiary/aromatic N) is 3. The summed E-state index contributed by atoms with van der Waals surface area (Å²) in [6.45, 7) is 0. The number of ether oxygens (including phenoxy) is 1. The molecule has 0 saturated heterocycles. The Morgan fingerprint density at radius 3 is 2.71 bits per heavy atom. The Bertz CT molecular complexity index is 1180. The Hall–Kier alpha value is -3.67. The quantitative estimate of drug-likeness (QED) is 0.594. The summed E-state index contributed by atoms with van der Waals surface area (Å²) in [4.78, 5) is 14.0. The normalized spacial score (nSPS) is 15.9. The molecular weight excluding hydrogens is 352 g/mol. The van der Waals surface area contributed by atoms with Crippen molar-refractivity contribution in [3.8, 4) is 11.4 Å². The number of methoxy groups -OCH3 is 1. The molecule has 5 rings (SSSR count). The van der Waals surface area contributed by atoms with Crippen molar-refractivity contribution in [1.29, 1.82) is 0 Å². The summed E-state index contributed by atoms with van der Waals surface area (Å²) in [5.74, 6) is 0.656. The van der Waals surface area contributed by atoms with E-state index in [1.807, 2.05) is 66.7 Å². The molecule has 2 heterocycles. The van der Waals surface area contributed by atoms with E-state index in [0.29, 0.717) is 6.42 Å². The lowest BCUT2D eigenvalue weighted by Gasteiger charge is -2.26. The van der Waals surface area contributed by atoms with Crippen LogP contribution in [0.2, 0.25) is 0 Å². The lowest BCUT2D eigenvalue weighted by molar-refractivity contribution is -0.116. The molecule has 1 N–H and O–H groups in total. The molecule has 1 aromatic heterocycles. The third kappa shape index (κ3) is 2.70. The monoisotopic (exact) mass is 370 g/mol. The van der Waals surface area contributed by atoms with Gasteiger partial charge >= 0.3 is 0 Å². The van der Waals surface area contributed by atoms with Crippen LogP contribution in [-0.4, -0.2) is 28.0 Å². The lowest BCUT2D eigenvalue weighted by atomic mass is 9.84. The number of amides is 1. The van der Waals surface area contributed by atoms with Crippen molar-refractivity contribution >= 4 is 22.6 Å². The summed E-state index contributed by atoms with van der Waals surface area (Å²) in [7, 11) is 1.64. The number of hydrogen-bond donors (Lipinski definition) is 1.